The second kappa shape index (κ2) is 3.61. The van der Waals surface area contributed by atoms with Crippen LogP contribution in [0.2, 0.25) is 0 Å². The molecule has 1 saturated carbocycles. The number of hydrogen-bond acceptors (Lipinski definition) is 3. The highest BCUT2D eigenvalue weighted by Gasteiger charge is 2.43. The highest BCUT2D eigenvalue weighted by Crippen LogP contribution is 2.35. The molecule has 0 bridgehead atoms. The molecule has 82 valence electrons. The average molecular weight is 225 g/mol. The fourth-order valence-corrected chi connectivity index (χ4v) is 3.89. The number of rotatable bonds is 2. The molecule has 15 heavy (non-hydrogen) atoms. The summed E-state index contributed by atoms with van der Waals surface area (Å²) in [6, 6.07) is 8.48. The van der Waals surface area contributed by atoms with Crippen LogP contribution in [0.4, 0.5) is 0 Å². The van der Waals surface area contributed by atoms with E-state index in [4.69, 9.17) is 5.73 Å². The van der Waals surface area contributed by atoms with E-state index in [9.17, 15) is 8.42 Å². The molecular formula is C11H15NO2S. The Bertz CT molecular complexity index is 433. The van der Waals surface area contributed by atoms with Crippen LogP contribution in [0.5, 0.6) is 0 Å². The van der Waals surface area contributed by atoms with Gasteiger partial charge >= 0.3 is 0 Å². The van der Waals surface area contributed by atoms with Gasteiger partial charge in [0, 0.05) is 0 Å². The Morgan fingerprint density at radius 3 is 2.13 bits per heavy atom. The zero-order chi connectivity index (χ0) is 10.9. The molecule has 2 rings (SSSR count). The summed E-state index contributed by atoms with van der Waals surface area (Å²) in [5.41, 5.74) is 5.98. The van der Waals surface area contributed by atoms with E-state index in [1.807, 2.05) is 0 Å². The van der Waals surface area contributed by atoms with Crippen LogP contribution in [-0.4, -0.2) is 13.3 Å². The van der Waals surface area contributed by atoms with Gasteiger partial charge in [0.1, 0.15) is 4.87 Å². The lowest BCUT2D eigenvalue weighted by molar-refractivity contribution is 0.520. The first kappa shape index (κ1) is 10.6. The van der Waals surface area contributed by atoms with Crippen molar-refractivity contribution in [1.29, 1.82) is 0 Å². The molecule has 0 aromatic heterocycles. The quantitative estimate of drug-likeness (QED) is 0.833. The Morgan fingerprint density at radius 2 is 1.60 bits per heavy atom. The minimum Gasteiger partial charge on any atom is -0.312 e. The van der Waals surface area contributed by atoms with Crippen LogP contribution in [0.25, 0.3) is 0 Å². The summed E-state index contributed by atoms with van der Waals surface area (Å²) in [7, 11) is -3.36. The summed E-state index contributed by atoms with van der Waals surface area (Å²) in [5, 5.41) is 0. The SMILES string of the molecule is NC1(S(=O)(=O)c2ccccc2)CCCC1. The van der Waals surface area contributed by atoms with Gasteiger partial charge in [0.25, 0.3) is 0 Å². The Balaban J connectivity index is 2.44. The maximum atomic E-state index is 12.2. The predicted molar refractivity (Wildman–Crippen MR) is 59.0 cm³/mol. The van der Waals surface area contributed by atoms with Crippen LogP contribution in [0.15, 0.2) is 35.2 Å². The number of sulfone groups is 1. The number of nitrogens with two attached hydrogens (primary N) is 1. The van der Waals surface area contributed by atoms with Gasteiger partial charge in [-0.25, -0.2) is 8.42 Å². The highest BCUT2D eigenvalue weighted by molar-refractivity contribution is 7.92. The van der Waals surface area contributed by atoms with E-state index >= 15 is 0 Å². The summed E-state index contributed by atoms with van der Waals surface area (Å²) in [5.74, 6) is 0. The lowest BCUT2D eigenvalue weighted by atomic mass is 10.3. The van der Waals surface area contributed by atoms with Gasteiger partial charge in [0.05, 0.1) is 4.90 Å². The first-order chi connectivity index (χ1) is 7.06. The topological polar surface area (TPSA) is 60.2 Å². The molecule has 2 N–H and O–H groups in total. The van der Waals surface area contributed by atoms with E-state index in [2.05, 4.69) is 0 Å². The molecular weight excluding hydrogens is 210 g/mol. The van der Waals surface area contributed by atoms with Crippen molar-refractivity contribution in [3.8, 4) is 0 Å². The van der Waals surface area contributed by atoms with Gasteiger partial charge in [-0.2, -0.15) is 0 Å². The molecule has 0 unspecified atom stereocenters. The van der Waals surface area contributed by atoms with Crippen LogP contribution < -0.4 is 5.73 Å². The fourth-order valence-electron chi connectivity index (χ4n) is 2.08. The Morgan fingerprint density at radius 1 is 1.07 bits per heavy atom. The summed E-state index contributed by atoms with van der Waals surface area (Å²) in [6.07, 6.45) is 2.96. The minimum absolute atomic E-state index is 0.342. The maximum Gasteiger partial charge on any atom is 0.196 e. The predicted octanol–water partition coefficient (Wildman–Crippen LogP) is 1.69. The number of benzene rings is 1. The average Bonchev–Trinajstić information content (AvgIpc) is 2.68. The molecule has 1 aliphatic carbocycles. The monoisotopic (exact) mass is 225 g/mol. The Kier molecular flexibility index (Phi) is 2.56. The van der Waals surface area contributed by atoms with Gasteiger partial charge in [0.2, 0.25) is 0 Å². The molecule has 3 nitrogen and oxygen atoms in total. The van der Waals surface area contributed by atoms with Crippen molar-refractivity contribution in [1.82, 2.24) is 0 Å². The van der Waals surface area contributed by atoms with E-state index in [1.165, 1.54) is 0 Å². The molecule has 1 aromatic rings. The summed E-state index contributed by atoms with van der Waals surface area (Å²) in [6.45, 7) is 0. The molecule has 0 atom stereocenters. The first-order valence-corrected chi connectivity index (χ1v) is 6.63. The van der Waals surface area contributed by atoms with Crippen LogP contribution >= 0.6 is 0 Å². The van der Waals surface area contributed by atoms with Crippen molar-refractivity contribution < 1.29 is 8.42 Å². The van der Waals surface area contributed by atoms with Crippen molar-refractivity contribution in [2.24, 2.45) is 5.73 Å². The van der Waals surface area contributed by atoms with Gasteiger partial charge in [-0.3, -0.25) is 0 Å². The second-order valence-electron chi connectivity index (χ2n) is 4.09. The number of hydrogen-bond donors (Lipinski definition) is 1. The van der Waals surface area contributed by atoms with Crippen molar-refractivity contribution >= 4 is 9.84 Å². The van der Waals surface area contributed by atoms with Crippen LogP contribution in [0.1, 0.15) is 25.7 Å². The van der Waals surface area contributed by atoms with Gasteiger partial charge in [-0.05, 0) is 25.0 Å². The van der Waals surface area contributed by atoms with E-state index in [0.29, 0.717) is 17.7 Å². The molecule has 1 aromatic carbocycles. The zero-order valence-corrected chi connectivity index (χ0v) is 9.33. The smallest absolute Gasteiger partial charge is 0.196 e. The van der Waals surface area contributed by atoms with E-state index in [-0.39, 0.29) is 0 Å². The van der Waals surface area contributed by atoms with E-state index in [1.54, 1.807) is 30.3 Å². The molecule has 1 aliphatic rings. The molecule has 4 heteroatoms. The summed E-state index contributed by atoms with van der Waals surface area (Å²) >= 11 is 0. The van der Waals surface area contributed by atoms with Gasteiger partial charge in [0.15, 0.2) is 9.84 Å². The molecule has 0 saturated heterocycles. The Labute approximate surface area is 90.2 Å². The van der Waals surface area contributed by atoms with E-state index in [0.717, 1.165) is 12.8 Å². The van der Waals surface area contributed by atoms with Gasteiger partial charge < -0.3 is 5.73 Å². The Hall–Kier alpha value is -0.870. The van der Waals surface area contributed by atoms with Crippen LogP contribution in [0, 0.1) is 0 Å². The van der Waals surface area contributed by atoms with Crippen molar-refractivity contribution in [3.63, 3.8) is 0 Å². The van der Waals surface area contributed by atoms with Gasteiger partial charge in [-0.15, -0.1) is 0 Å². The van der Waals surface area contributed by atoms with Crippen molar-refractivity contribution in [2.75, 3.05) is 0 Å². The third kappa shape index (κ3) is 1.68. The van der Waals surface area contributed by atoms with Crippen molar-refractivity contribution in [3.05, 3.63) is 30.3 Å². The van der Waals surface area contributed by atoms with Crippen molar-refractivity contribution in [2.45, 2.75) is 35.4 Å². The maximum absolute atomic E-state index is 12.2. The molecule has 0 amide bonds. The third-order valence-electron chi connectivity index (χ3n) is 3.04. The van der Waals surface area contributed by atoms with Crippen LogP contribution in [0.3, 0.4) is 0 Å². The molecule has 0 spiro atoms. The second-order valence-corrected chi connectivity index (χ2v) is 6.38. The lowest BCUT2D eigenvalue weighted by Crippen LogP contribution is -2.44. The molecule has 0 heterocycles. The summed E-state index contributed by atoms with van der Waals surface area (Å²) < 4.78 is 24.5. The summed E-state index contributed by atoms with van der Waals surface area (Å²) in [4.78, 5) is -0.691. The first-order valence-electron chi connectivity index (χ1n) is 5.15. The van der Waals surface area contributed by atoms with E-state index < -0.39 is 14.7 Å². The standard InChI is InChI=1S/C11H15NO2S/c12-11(8-4-5-9-11)15(13,14)10-6-2-1-3-7-10/h1-3,6-7H,4-5,8-9,12H2. The lowest BCUT2D eigenvalue weighted by Gasteiger charge is -2.23. The molecule has 1 fully saturated rings. The molecule has 0 aliphatic heterocycles. The normalized spacial score (nSPS) is 20.3. The van der Waals surface area contributed by atoms with Gasteiger partial charge in [-0.1, -0.05) is 31.0 Å². The fraction of sp³-hybridized carbons (Fsp3) is 0.455. The minimum atomic E-state index is -3.36. The van der Waals surface area contributed by atoms with Crippen LogP contribution in [-0.2, 0) is 9.84 Å². The molecule has 0 radical (unpaired) electrons. The highest BCUT2D eigenvalue weighted by atomic mass is 32.2. The third-order valence-corrected chi connectivity index (χ3v) is 5.41. The largest absolute Gasteiger partial charge is 0.312 e. The zero-order valence-electron chi connectivity index (χ0n) is 8.52.